The number of anilines is 1. The third kappa shape index (κ3) is 5.69. The molecule has 132 valence electrons. The molecule has 2 rings (SSSR count). The van der Waals surface area contributed by atoms with E-state index in [-0.39, 0.29) is 22.8 Å². The molecule has 0 radical (unpaired) electrons. The van der Waals surface area contributed by atoms with Crippen LogP contribution in [0.1, 0.15) is 25.8 Å². The van der Waals surface area contributed by atoms with Crippen molar-refractivity contribution < 1.29 is 28.3 Å². The van der Waals surface area contributed by atoms with Crippen molar-refractivity contribution >= 4 is 35.1 Å². The first kappa shape index (κ1) is 19.7. The van der Waals surface area contributed by atoms with Crippen molar-refractivity contribution in [3.05, 3.63) is 28.5 Å². The van der Waals surface area contributed by atoms with Gasteiger partial charge >= 0.3 is 12.1 Å². The highest BCUT2D eigenvalue weighted by molar-refractivity contribution is 6.34. The summed E-state index contributed by atoms with van der Waals surface area (Å²) in [5.74, 6) is -0.892. The Labute approximate surface area is 143 Å². The number of amides is 1. The van der Waals surface area contributed by atoms with E-state index in [0.29, 0.717) is 17.7 Å². The number of nitrogens with zero attached hydrogens (tertiary/aromatic N) is 1. The third-order valence-corrected chi connectivity index (χ3v) is 3.21. The summed E-state index contributed by atoms with van der Waals surface area (Å²) in [5, 5.41) is 6.37. The molecule has 0 aromatic heterocycles. The molecule has 1 aliphatic rings. The molecular formula is C15H18ClFN2O5. The number of halogens is 2. The summed E-state index contributed by atoms with van der Waals surface area (Å²) in [6, 6.07) is 2.53. The fourth-order valence-corrected chi connectivity index (χ4v) is 1.95. The van der Waals surface area contributed by atoms with Crippen molar-refractivity contribution in [2.24, 2.45) is 5.16 Å². The molecule has 1 aromatic rings. The highest BCUT2D eigenvalue weighted by atomic mass is 35.5. The molecule has 1 amide bonds. The van der Waals surface area contributed by atoms with E-state index in [1.165, 1.54) is 27.2 Å². The molecule has 0 aliphatic carbocycles. The Morgan fingerprint density at radius 2 is 2.00 bits per heavy atom. The molecule has 1 aliphatic heterocycles. The molecule has 1 N–H and O–H groups in total. The summed E-state index contributed by atoms with van der Waals surface area (Å²) in [6.07, 6.45) is -0.235. The normalized spacial score (nSPS) is 15.4. The fourth-order valence-electron chi connectivity index (χ4n) is 1.69. The smallest absolute Gasteiger partial charge is 0.411 e. The van der Waals surface area contributed by atoms with Crippen LogP contribution in [0.3, 0.4) is 0 Å². The van der Waals surface area contributed by atoms with Crippen LogP contribution in [0, 0.1) is 5.82 Å². The standard InChI is InChI=1S/C12H12ClFN2O3.C3H6O2/c1-6-3-10(16-19-6)7-4-11(15-12(17)18-2)9(14)5-8(7)13;1-3(4)5-2/h4-6H,3H2,1-2H3,(H,15,17);1-2H3. The van der Waals surface area contributed by atoms with Crippen LogP contribution in [0.25, 0.3) is 0 Å². The first-order valence-electron chi connectivity index (χ1n) is 6.90. The van der Waals surface area contributed by atoms with Gasteiger partial charge < -0.3 is 14.3 Å². The average Bonchev–Trinajstić information content (AvgIpc) is 2.96. The number of carbonyl (C=O) groups excluding carboxylic acids is 2. The molecule has 1 aromatic carbocycles. The van der Waals surface area contributed by atoms with Crippen LogP contribution in [0.4, 0.5) is 14.9 Å². The first-order valence-corrected chi connectivity index (χ1v) is 7.27. The lowest BCUT2D eigenvalue weighted by molar-refractivity contribution is -0.137. The highest BCUT2D eigenvalue weighted by Gasteiger charge is 2.22. The third-order valence-electron chi connectivity index (χ3n) is 2.90. The van der Waals surface area contributed by atoms with Crippen LogP contribution < -0.4 is 5.32 Å². The molecule has 0 saturated heterocycles. The van der Waals surface area contributed by atoms with Crippen LogP contribution in [0.5, 0.6) is 0 Å². The number of methoxy groups -OCH3 is 2. The van der Waals surface area contributed by atoms with Crippen molar-refractivity contribution in [2.75, 3.05) is 19.5 Å². The maximum absolute atomic E-state index is 13.7. The van der Waals surface area contributed by atoms with E-state index < -0.39 is 11.9 Å². The average molecular weight is 361 g/mol. The largest absolute Gasteiger partial charge is 0.469 e. The van der Waals surface area contributed by atoms with Gasteiger partial charge in [0.1, 0.15) is 11.9 Å². The zero-order valence-electron chi connectivity index (χ0n) is 13.7. The lowest BCUT2D eigenvalue weighted by Gasteiger charge is -2.09. The van der Waals surface area contributed by atoms with Gasteiger partial charge in [-0.15, -0.1) is 0 Å². The van der Waals surface area contributed by atoms with Crippen molar-refractivity contribution in [3.63, 3.8) is 0 Å². The summed E-state index contributed by atoms with van der Waals surface area (Å²) in [7, 11) is 2.54. The Morgan fingerprint density at radius 3 is 2.46 bits per heavy atom. The van der Waals surface area contributed by atoms with E-state index in [9.17, 15) is 14.0 Å². The van der Waals surface area contributed by atoms with Gasteiger partial charge in [-0.25, -0.2) is 9.18 Å². The van der Waals surface area contributed by atoms with Gasteiger partial charge in [0, 0.05) is 18.9 Å². The minimum atomic E-state index is -0.759. The quantitative estimate of drug-likeness (QED) is 0.817. The van der Waals surface area contributed by atoms with Crippen LogP contribution in [-0.4, -0.2) is 38.1 Å². The molecule has 0 fully saturated rings. The van der Waals surface area contributed by atoms with Gasteiger partial charge in [0.15, 0.2) is 0 Å². The number of oxime groups is 1. The van der Waals surface area contributed by atoms with Gasteiger partial charge in [-0.05, 0) is 19.1 Å². The van der Waals surface area contributed by atoms with Crippen molar-refractivity contribution in [1.82, 2.24) is 0 Å². The number of rotatable bonds is 2. The fraction of sp³-hybridized carbons (Fsp3) is 0.400. The van der Waals surface area contributed by atoms with Crippen LogP contribution in [0.15, 0.2) is 17.3 Å². The summed E-state index contributed by atoms with van der Waals surface area (Å²) in [4.78, 5) is 25.8. The van der Waals surface area contributed by atoms with Gasteiger partial charge in [0.25, 0.3) is 0 Å². The van der Waals surface area contributed by atoms with Gasteiger partial charge in [-0.1, -0.05) is 16.8 Å². The Bertz CT molecular complexity index is 651. The van der Waals surface area contributed by atoms with Gasteiger partial charge in [0.2, 0.25) is 0 Å². The number of ether oxygens (including phenoxy) is 2. The topological polar surface area (TPSA) is 86.2 Å². The zero-order chi connectivity index (χ0) is 18.3. The minimum Gasteiger partial charge on any atom is -0.469 e. The SMILES string of the molecule is COC(=O)Nc1cc(C2=NOC(C)C2)c(Cl)cc1F.COC(C)=O. The maximum atomic E-state index is 13.7. The molecule has 0 saturated carbocycles. The Kier molecular flexibility index (Phi) is 7.44. The molecule has 0 spiro atoms. The Balaban J connectivity index is 0.000000505. The van der Waals surface area contributed by atoms with Crippen LogP contribution >= 0.6 is 11.6 Å². The second kappa shape index (κ2) is 9.07. The number of hydrogen-bond acceptors (Lipinski definition) is 6. The van der Waals surface area contributed by atoms with Crippen molar-refractivity contribution in [1.29, 1.82) is 0 Å². The number of carbonyl (C=O) groups is 2. The lowest BCUT2D eigenvalue weighted by atomic mass is 10.0. The molecule has 1 atom stereocenters. The van der Waals surface area contributed by atoms with Crippen molar-refractivity contribution in [2.45, 2.75) is 26.4 Å². The monoisotopic (exact) mass is 360 g/mol. The number of esters is 1. The lowest BCUT2D eigenvalue weighted by Crippen LogP contribution is -2.13. The summed E-state index contributed by atoms with van der Waals surface area (Å²) < 4.78 is 22.2. The number of hydrogen-bond donors (Lipinski definition) is 1. The number of nitrogens with one attached hydrogen (secondary N) is 1. The second-order valence-corrected chi connectivity index (χ2v) is 5.19. The molecule has 24 heavy (non-hydrogen) atoms. The Hall–Kier alpha value is -2.35. The van der Waals surface area contributed by atoms with E-state index in [4.69, 9.17) is 16.4 Å². The van der Waals surface area contributed by atoms with Gasteiger partial charge in [0.05, 0.1) is 30.6 Å². The van der Waals surface area contributed by atoms with E-state index in [2.05, 4.69) is 19.9 Å². The summed E-state index contributed by atoms with van der Waals surface area (Å²) in [6.45, 7) is 3.22. The predicted molar refractivity (Wildman–Crippen MR) is 86.8 cm³/mol. The van der Waals surface area contributed by atoms with Gasteiger partial charge in [-0.2, -0.15) is 0 Å². The van der Waals surface area contributed by atoms with E-state index in [0.717, 1.165) is 6.07 Å². The van der Waals surface area contributed by atoms with Crippen molar-refractivity contribution in [3.8, 4) is 0 Å². The zero-order valence-corrected chi connectivity index (χ0v) is 14.4. The molecule has 1 unspecified atom stereocenters. The number of benzene rings is 1. The summed E-state index contributed by atoms with van der Waals surface area (Å²) >= 11 is 5.98. The summed E-state index contributed by atoms with van der Waals surface area (Å²) in [5.41, 5.74) is 1.12. The van der Waals surface area contributed by atoms with Crippen LogP contribution in [0.2, 0.25) is 5.02 Å². The van der Waals surface area contributed by atoms with E-state index in [1.807, 2.05) is 6.92 Å². The Morgan fingerprint density at radius 1 is 1.38 bits per heavy atom. The molecule has 9 heteroatoms. The second-order valence-electron chi connectivity index (χ2n) is 4.78. The maximum Gasteiger partial charge on any atom is 0.411 e. The van der Waals surface area contributed by atoms with E-state index >= 15 is 0 Å². The molecule has 0 bridgehead atoms. The van der Waals surface area contributed by atoms with E-state index in [1.54, 1.807) is 0 Å². The highest BCUT2D eigenvalue weighted by Crippen LogP contribution is 2.28. The predicted octanol–water partition coefficient (Wildman–Crippen LogP) is 3.35. The molecular weight excluding hydrogens is 343 g/mol. The molecule has 7 nitrogen and oxygen atoms in total. The first-order chi connectivity index (χ1) is 11.3. The minimum absolute atomic E-state index is 0.0199. The molecule has 1 heterocycles. The van der Waals surface area contributed by atoms with Gasteiger partial charge in [-0.3, -0.25) is 10.1 Å². The van der Waals surface area contributed by atoms with Crippen LogP contribution in [-0.2, 0) is 19.1 Å².